The Hall–Kier alpha value is -1.82. The van der Waals surface area contributed by atoms with E-state index in [1.165, 1.54) is 26.0 Å². The van der Waals surface area contributed by atoms with Crippen molar-refractivity contribution < 1.29 is 4.74 Å². The summed E-state index contributed by atoms with van der Waals surface area (Å²) in [5, 5.41) is 0. The molecule has 0 unspecified atom stereocenters. The van der Waals surface area contributed by atoms with Gasteiger partial charge in [0.2, 0.25) is 0 Å². The van der Waals surface area contributed by atoms with Gasteiger partial charge in [-0.05, 0) is 41.5 Å². The lowest BCUT2D eigenvalue weighted by molar-refractivity contribution is 0.413. The number of fused-ring (bicyclic) bond motifs is 1. The maximum atomic E-state index is 5.46. The first-order chi connectivity index (χ1) is 12.3. The van der Waals surface area contributed by atoms with Crippen molar-refractivity contribution in [3.05, 3.63) is 59.7 Å². The predicted octanol–water partition coefficient (Wildman–Crippen LogP) is 5.26. The van der Waals surface area contributed by atoms with Crippen LogP contribution in [0.2, 0.25) is 0 Å². The van der Waals surface area contributed by atoms with E-state index >= 15 is 0 Å². The second-order valence-electron chi connectivity index (χ2n) is 7.24. The molecule has 4 heteroatoms. The average molecular weight is 462 g/mol. The van der Waals surface area contributed by atoms with Crippen LogP contribution in [0.4, 0.5) is 11.4 Å². The van der Waals surface area contributed by atoms with E-state index in [4.69, 9.17) is 4.74 Å². The highest BCUT2D eigenvalue weighted by Gasteiger charge is 2.33. The molecule has 138 valence electrons. The van der Waals surface area contributed by atoms with Gasteiger partial charge in [-0.3, -0.25) is 0 Å². The number of benzene rings is 2. The van der Waals surface area contributed by atoms with Crippen molar-refractivity contribution in [2.24, 2.45) is 0 Å². The van der Waals surface area contributed by atoms with E-state index in [2.05, 4.69) is 97.6 Å². The van der Waals surface area contributed by atoms with E-state index < -0.39 is 0 Å². The molecular weight excluding hydrogens is 435 g/mol. The fourth-order valence-electron chi connectivity index (χ4n) is 3.12. The van der Waals surface area contributed by atoms with Gasteiger partial charge in [0.25, 0.3) is 0 Å². The van der Waals surface area contributed by atoms with Gasteiger partial charge >= 0.3 is 0 Å². The summed E-state index contributed by atoms with van der Waals surface area (Å²) in [5.41, 5.74) is 5.15. The van der Waals surface area contributed by atoms with Gasteiger partial charge in [0.1, 0.15) is 5.75 Å². The number of rotatable bonds is 4. The fourth-order valence-corrected chi connectivity index (χ4v) is 5.81. The van der Waals surface area contributed by atoms with Gasteiger partial charge in [0, 0.05) is 62.4 Å². The first-order valence-corrected chi connectivity index (χ1v) is 10.8. The van der Waals surface area contributed by atoms with Gasteiger partial charge in [-0.2, -0.15) is 0 Å². The lowest BCUT2D eigenvalue weighted by Gasteiger charge is -2.36. The van der Waals surface area contributed by atoms with E-state index in [1.807, 2.05) is 0 Å². The molecule has 0 N–H and O–H groups in total. The molecule has 0 amide bonds. The lowest BCUT2D eigenvalue weighted by Crippen LogP contribution is -2.32. The Kier molecular flexibility index (Phi) is 5.42. The number of ether oxygens (including phenoxy) is 1. The third kappa shape index (κ3) is 3.65. The maximum Gasteiger partial charge on any atom is 0.119 e. The molecule has 2 aromatic carbocycles. The second-order valence-corrected chi connectivity index (χ2v) is 10.3. The highest BCUT2D eigenvalue weighted by Crippen LogP contribution is 2.44. The molecule has 0 aromatic heterocycles. The summed E-state index contributed by atoms with van der Waals surface area (Å²) in [6, 6.07) is 15.1. The predicted molar refractivity (Wildman–Crippen MR) is 123 cm³/mol. The molecule has 1 heterocycles. The number of nitrogens with zero attached hydrogens (tertiary/aromatic N) is 2. The zero-order valence-electron chi connectivity index (χ0n) is 16.4. The van der Waals surface area contributed by atoms with Crippen LogP contribution in [0, 0.1) is 0 Å². The number of hydrogen-bond donors (Lipinski definition) is 0. The minimum Gasteiger partial charge on any atom is -0.497 e. The Bertz CT molecular complexity index is 851. The number of hydrogen-bond acceptors (Lipinski definition) is 3. The van der Waals surface area contributed by atoms with E-state index in [1.54, 1.807) is 7.11 Å². The maximum absolute atomic E-state index is 5.46. The Balaban J connectivity index is 1.92. The normalized spacial score (nSPS) is 15.9. The Morgan fingerprint density at radius 1 is 1.04 bits per heavy atom. The van der Waals surface area contributed by atoms with Crippen molar-refractivity contribution >= 4 is 42.0 Å². The minimum absolute atomic E-state index is 0.0176. The molecule has 0 aliphatic carbocycles. The molecule has 26 heavy (non-hydrogen) atoms. The van der Waals surface area contributed by atoms with Gasteiger partial charge in [0.05, 0.1) is 7.11 Å². The van der Waals surface area contributed by atoms with Crippen LogP contribution >= 0.6 is 21.0 Å². The summed E-state index contributed by atoms with van der Waals surface area (Å²) in [4.78, 5) is 2.12. The van der Waals surface area contributed by atoms with Crippen molar-refractivity contribution in [3.8, 4) is 5.75 Å². The second kappa shape index (κ2) is 7.43. The topological polar surface area (TPSA) is 15.7 Å². The molecule has 1 aliphatic heterocycles. The minimum atomic E-state index is -0.208. The van der Waals surface area contributed by atoms with Crippen LogP contribution in [0.1, 0.15) is 25.0 Å². The Morgan fingerprint density at radius 3 is 2.35 bits per heavy atom. The summed E-state index contributed by atoms with van der Waals surface area (Å²) in [6.07, 6.45) is 4.58. The summed E-state index contributed by atoms with van der Waals surface area (Å²) in [7, 11) is 8.07. The summed E-state index contributed by atoms with van der Waals surface area (Å²) < 4.78 is 9.40. The van der Waals surface area contributed by atoms with Gasteiger partial charge in [0.15, 0.2) is 0 Å². The van der Waals surface area contributed by atoms with Gasteiger partial charge in [-0.1, -0.05) is 38.1 Å². The molecule has 0 radical (unpaired) electrons. The molecule has 0 saturated heterocycles. The SMILES string of the molecule is COc1ccc2c(c1)C(C)(C)C(C=Cc1ccc(N(C)C)cc1)=IN2C. The van der Waals surface area contributed by atoms with Crippen molar-refractivity contribution in [2.45, 2.75) is 19.3 Å². The highest BCUT2D eigenvalue weighted by atomic mass is 127. The van der Waals surface area contributed by atoms with Gasteiger partial charge < -0.3 is 12.8 Å². The van der Waals surface area contributed by atoms with Crippen molar-refractivity contribution in [2.75, 3.05) is 36.3 Å². The standard InChI is InChI=1S/C22H27IN2O/c1-22(2)19-15-18(26-6)12-13-20(19)25(5)23-21(22)14-9-16-7-10-17(11-8-16)24(3)4/h7-15H,1-6H3. The molecule has 0 fully saturated rings. The van der Waals surface area contributed by atoms with Crippen LogP contribution in [0.3, 0.4) is 0 Å². The molecule has 3 rings (SSSR count). The third-order valence-corrected chi connectivity index (χ3v) is 8.33. The third-order valence-electron chi connectivity index (χ3n) is 4.86. The molecule has 0 saturated carbocycles. The molecule has 2 aromatic rings. The van der Waals surface area contributed by atoms with E-state index in [0.29, 0.717) is 0 Å². The van der Waals surface area contributed by atoms with Gasteiger partial charge in [-0.15, -0.1) is 0 Å². The zero-order chi connectivity index (χ0) is 18.9. The first-order valence-electron chi connectivity index (χ1n) is 8.73. The molecule has 0 atom stereocenters. The number of methoxy groups -OCH3 is 1. The molecule has 0 bridgehead atoms. The van der Waals surface area contributed by atoms with Crippen LogP contribution < -0.4 is 12.8 Å². The van der Waals surface area contributed by atoms with Crippen LogP contribution in [0.15, 0.2) is 48.5 Å². The summed E-state index contributed by atoms with van der Waals surface area (Å²) >= 11 is -0.208. The molecule has 1 aliphatic rings. The van der Waals surface area contributed by atoms with E-state index in [0.717, 1.165) is 5.75 Å². The van der Waals surface area contributed by atoms with E-state index in [-0.39, 0.29) is 26.4 Å². The van der Waals surface area contributed by atoms with Crippen molar-refractivity contribution in [1.29, 1.82) is 0 Å². The molecule has 3 nitrogen and oxygen atoms in total. The van der Waals surface area contributed by atoms with E-state index in [9.17, 15) is 0 Å². The van der Waals surface area contributed by atoms with Crippen molar-refractivity contribution in [3.63, 3.8) is 0 Å². The summed E-state index contributed by atoms with van der Waals surface area (Å²) in [5.74, 6) is 0.924. The fraction of sp³-hybridized carbons (Fsp3) is 0.318. The zero-order valence-corrected chi connectivity index (χ0v) is 18.5. The number of anilines is 2. The van der Waals surface area contributed by atoms with Crippen LogP contribution in [0.25, 0.3) is 6.08 Å². The van der Waals surface area contributed by atoms with Crippen LogP contribution in [-0.2, 0) is 5.41 Å². The highest BCUT2D eigenvalue weighted by molar-refractivity contribution is 14.2. The number of allylic oxidation sites excluding steroid dienone is 1. The van der Waals surface area contributed by atoms with Crippen LogP contribution in [0.5, 0.6) is 5.75 Å². The quantitative estimate of drug-likeness (QED) is 0.456. The Labute approximate surface area is 167 Å². The molecule has 0 spiro atoms. The smallest absolute Gasteiger partial charge is 0.119 e. The van der Waals surface area contributed by atoms with Gasteiger partial charge in [-0.25, -0.2) is 0 Å². The number of halogens is 1. The monoisotopic (exact) mass is 462 g/mol. The lowest BCUT2D eigenvalue weighted by atomic mass is 9.80. The van der Waals surface area contributed by atoms with Crippen molar-refractivity contribution in [1.82, 2.24) is 0 Å². The average Bonchev–Trinajstić information content (AvgIpc) is 2.63. The first kappa shape index (κ1) is 19.0. The molecular formula is C22H27IN2O. The summed E-state index contributed by atoms with van der Waals surface area (Å²) in [6.45, 7) is 4.65. The largest absolute Gasteiger partial charge is 0.497 e. The Morgan fingerprint density at radius 2 is 1.73 bits per heavy atom. The van der Waals surface area contributed by atoms with Crippen LogP contribution in [-0.4, -0.2) is 31.8 Å².